The van der Waals surface area contributed by atoms with E-state index >= 15 is 28.8 Å². The number of fused-ring (bicyclic) bond motifs is 14. The highest BCUT2D eigenvalue weighted by atomic mass is 35.5. The molecule has 0 radical (unpaired) electrons. The lowest BCUT2D eigenvalue weighted by molar-refractivity contribution is -0.284. The molecule has 0 aliphatic carbocycles. The zero-order valence-corrected chi connectivity index (χ0v) is 73.9. The molecule has 26 N–H and O–H groups in total. The number of aromatic hydroxyl groups is 4. The molecule has 44 nitrogen and oxygen atoms in total. The minimum absolute atomic E-state index is 0.0781. The van der Waals surface area contributed by atoms with Crippen LogP contribution >= 0.6 is 23.2 Å². The van der Waals surface area contributed by atoms with Crippen molar-refractivity contribution in [3.63, 3.8) is 0 Å². The summed E-state index contributed by atoms with van der Waals surface area (Å²) in [5.41, 5.74) is 1.66. The maximum Gasteiger partial charge on any atom is 0.330 e. The molecule has 7 aromatic carbocycles. The van der Waals surface area contributed by atoms with Crippen LogP contribution in [0.5, 0.6) is 69.0 Å². The predicted molar refractivity (Wildman–Crippen MR) is 466 cm³/mol. The number of aliphatic carboxylic acids is 1. The second-order valence-electron chi connectivity index (χ2n) is 33.9. The number of rotatable bonds is 21. The smallest absolute Gasteiger partial charge is 0.330 e. The van der Waals surface area contributed by atoms with Gasteiger partial charge in [0.25, 0.3) is 0 Å². The van der Waals surface area contributed by atoms with Crippen molar-refractivity contribution in [2.45, 2.75) is 206 Å². The minimum Gasteiger partial charge on any atom is -0.508 e. The third-order valence-electron chi connectivity index (χ3n) is 23.8. The van der Waals surface area contributed by atoms with Crippen LogP contribution < -0.4 is 77.3 Å². The Kier molecular flexibility index (Phi) is 31.0. The molecular weight excluding hydrogens is 1840 g/mol. The fourth-order valence-corrected chi connectivity index (χ4v) is 17.3. The van der Waals surface area contributed by atoms with Crippen LogP contribution in [0.15, 0.2) is 115 Å². The van der Waals surface area contributed by atoms with Crippen LogP contribution in [0.25, 0.3) is 11.1 Å². The second kappa shape index (κ2) is 42.4. The van der Waals surface area contributed by atoms with Gasteiger partial charge in [-0.25, -0.2) is 4.79 Å². The van der Waals surface area contributed by atoms with E-state index in [0.717, 1.165) is 117 Å². The van der Waals surface area contributed by atoms with Crippen LogP contribution in [0, 0.1) is 5.92 Å². The van der Waals surface area contributed by atoms with Crippen molar-refractivity contribution in [2.75, 3.05) is 26.4 Å². The molecule has 0 aromatic heterocycles. The number of halogens is 2. The number of carboxylic acids is 1. The summed E-state index contributed by atoms with van der Waals surface area (Å²) in [7, 11) is 0. The number of ether oxygens (including phenoxy) is 9. The summed E-state index contributed by atoms with van der Waals surface area (Å²) in [6, 6.07) is -0.258. The summed E-state index contributed by atoms with van der Waals surface area (Å²) < 4.78 is 57.6. The number of carboxylic acid groups (broad SMARTS) is 1. The number of carbonyl (C=O) groups excluding carboxylic acids is 9. The van der Waals surface area contributed by atoms with E-state index in [1.165, 1.54) is 24.3 Å². The highest BCUT2D eigenvalue weighted by Crippen LogP contribution is 2.51. The quantitative estimate of drug-likeness (QED) is 0.0425. The van der Waals surface area contributed by atoms with Crippen molar-refractivity contribution in [1.29, 1.82) is 0 Å². The van der Waals surface area contributed by atoms with Gasteiger partial charge >= 0.3 is 5.97 Å². The van der Waals surface area contributed by atoms with Gasteiger partial charge in [-0.1, -0.05) is 87.0 Å². The third-order valence-corrected chi connectivity index (χ3v) is 24.4. The van der Waals surface area contributed by atoms with Gasteiger partial charge in [-0.2, -0.15) is 0 Å². The van der Waals surface area contributed by atoms with Crippen LogP contribution in [0.3, 0.4) is 0 Å². The summed E-state index contributed by atoms with van der Waals surface area (Å²) >= 11 is 14.8. The van der Waals surface area contributed by atoms with E-state index in [2.05, 4.69) is 61.7 Å². The van der Waals surface area contributed by atoms with Crippen LogP contribution in [-0.2, 0) is 73.3 Å². The van der Waals surface area contributed by atoms with Gasteiger partial charge in [-0.05, 0) is 125 Å². The summed E-state index contributed by atoms with van der Waals surface area (Å²) in [6.45, 7) is 1.23. The van der Waals surface area contributed by atoms with Crippen molar-refractivity contribution in [3.8, 4) is 80.1 Å². The number of hydrogen-bond donors (Lipinski definition) is 25. The first-order valence-corrected chi connectivity index (χ1v) is 43.9. The number of carbonyl (C=O) groups is 10. The average molecular weight is 1940 g/mol. The average Bonchev–Trinajstić information content (AvgIpc) is 0.771. The Balaban J connectivity index is 1.04. The van der Waals surface area contributed by atoms with Crippen molar-refractivity contribution in [2.24, 2.45) is 11.7 Å². The number of unbranched alkanes of at least 4 members (excludes halogenated alkanes) is 3. The second-order valence-corrected chi connectivity index (χ2v) is 34.7. The molecule has 9 aliphatic heterocycles. The number of nitrogens with one attached hydrogen (secondary N) is 9. The highest BCUT2D eigenvalue weighted by molar-refractivity contribution is 6.32. The Bertz CT molecular complexity index is 5720. The zero-order chi connectivity index (χ0) is 97.9. The van der Waals surface area contributed by atoms with Gasteiger partial charge < -0.3 is 173 Å². The monoisotopic (exact) mass is 1930 g/mol. The molecule has 7 aromatic rings. The van der Waals surface area contributed by atoms with E-state index in [0.29, 0.717) is 18.8 Å². The van der Waals surface area contributed by atoms with Gasteiger partial charge in [-0.15, -0.1) is 0 Å². The van der Waals surface area contributed by atoms with Gasteiger partial charge in [0.05, 0.1) is 36.4 Å². The number of amides is 9. The Morgan fingerprint density at radius 1 is 0.493 bits per heavy atom. The van der Waals surface area contributed by atoms with E-state index in [4.69, 9.17) is 71.6 Å². The van der Waals surface area contributed by atoms with Gasteiger partial charge in [0.2, 0.25) is 71.5 Å². The molecule has 23 atom stereocenters. The lowest BCUT2D eigenvalue weighted by atomic mass is 9.89. The van der Waals surface area contributed by atoms with Crippen LogP contribution in [0.1, 0.15) is 135 Å². The molecule has 728 valence electrons. The van der Waals surface area contributed by atoms with Gasteiger partial charge in [0, 0.05) is 48.6 Å². The van der Waals surface area contributed by atoms with E-state index in [1.807, 2.05) is 0 Å². The van der Waals surface area contributed by atoms with Crippen LogP contribution in [0.2, 0.25) is 10.0 Å². The van der Waals surface area contributed by atoms with Crippen LogP contribution in [0.4, 0.5) is 0 Å². The Labute approximate surface area is 782 Å². The molecule has 46 heteroatoms. The number of benzene rings is 7. The summed E-state index contributed by atoms with van der Waals surface area (Å²) in [5.74, 6) is -20.8. The van der Waals surface area contributed by atoms with E-state index in [1.54, 1.807) is 0 Å². The van der Waals surface area contributed by atoms with Crippen molar-refractivity contribution >= 4 is 82.3 Å². The SMILES string of the molecule is CC(=O)N[C@H]1[C@H](O[C@@H]2c3ccc(c(Cl)c3)Oc3cc4cc(c3O[C@@H]3O[C@H](CO)[C@@H](O)[C@H](O)[C@H]3NC(=O)CCCCCCC(C)C)Oc3ccc(cc3Cl)C[C@H]3NC(=O)[C@@H](NC(=O)CN)c5ccc(O)c(c5)Oc5cc(O)cc(c5)[C@H](NC3=O)C(=O)N[C@H]4C(=O)N[C@H]3C(=O)N[C@@H]2C(=O)N[C@@H](C(=O)O)c2cc(O)cc(O[C@H]4O[C@H](CO)[C@@H](O)[C@H](O)[C@@H]4O)c2-c2cc3ccc2O)O[C@H](CO)[C@@H](O)[C@@H]1O. The van der Waals surface area contributed by atoms with E-state index < -0.39 is 340 Å². The molecule has 9 aliphatic rings. The summed E-state index contributed by atoms with van der Waals surface area (Å²) in [6.07, 6.45) is -26.2. The predicted octanol–water partition coefficient (Wildman–Crippen LogP) is 0.136. The molecular formula is C90H100Cl2N10O34. The molecule has 0 spiro atoms. The third kappa shape index (κ3) is 21.8. The Morgan fingerprint density at radius 2 is 1.05 bits per heavy atom. The van der Waals surface area contributed by atoms with Crippen LogP contribution in [-0.4, -0.2) is 266 Å². The fraction of sp³-hybridized carbons (Fsp3) is 0.422. The Hall–Kier alpha value is -12.6. The lowest BCUT2D eigenvalue weighted by Crippen LogP contribution is -2.65. The molecule has 9 amide bonds. The molecule has 136 heavy (non-hydrogen) atoms. The van der Waals surface area contributed by atoms with Gasteiger partial charge in [0.15, 0.2) is 35.3 Å². The molecule has 17 bridgehead atoms. The minimum atomic E-state index is -2.61. The molecule has 9 heterocycles. The largest absolute Gasteiger partial charge is 0.508 e. The standard InChI is InChI=1S/C90H100Cl2N10O34/c1-34(2)8-6-4-5-7-9-61(111)96-70-76(117)73(114)59(32-104)133-89(70)136-80-56-25-41-26-57(80)130-53-17-13-39(23-48(53)92)79(135-88-69(94-35(3)106)75(116)72(113)58(31-103)132-88)71-86(125)101-68(87(126)127)46-28-43(108)29-55(131-90-78(119)77(118)74(115)60(33-105)134-90)63(46)45-22-37(11-14-50(45)109)65(83(122)102-71)99-85(124)67(41)100-84(123)66-40-20-42(107)27-44(21-40)128-54-24-38(12-15-51(54)110)64(97-62(112)30-93)82(121)95-49(81(120)98-66)19-36-10-16-52(129-56)47(91)18-36/h10-18,20-29,34,49,58-60,64-79,88-90,103-105,107-110,113-119H,4-9,19,30-33,93H2,1-3H3,(H,94,106)(H,95,121)(H,96,111)(H,97,112)(H,98,120)(H,99,124)(H,100,123)(H,101,125)(H,102,122)(H,126,127)/t49-,58-,59-,60-,64+,65-,66+,67-,68-,69-,70-,71+,72-,73-,74-,75-,76-,77+,78+,79-,88+,89+,90+/m1/s1. The zero-order valence-electron chi connectivity index (χ0n) is 72.4. The number of nitrogens with two attached hydrogens (primary N) is 1. The maximum absolute atomic E-state index is 17.1. The molecule has 16 rings (SSSR count). The first-order valence-electron chi connectivity index (χ1n) is 43.1. The number of aliphatic hydroxyl groups excluding tert-OH is 10. The first-order chi connectivity index (χ1) is 64.8. The van der Waals surface area contributed by atoms with Crippen molar-refractivity contribution in [3.05, 3.63) is 164 Å². The normalized spacial score (nSPS) is 28.3. The first kappa shape index (κ1) is 99.4. The number of phenolic OH excluding ortho intramolecular Hbond substituents is 4. The van der Waals surface area contributed by atoms with Gasteiger partial charge in [0.1, 0.15) is 156 Å². The topological polar surface area (TPSA) is 692 Å². The highest BCUT2D eigenvalue weighted by Gasteiger charge is 2.53. The molecule has 0 saturated carbocycles. The van der Waals surface area contributed by atoms with Crippen molar-refractivity contribution in [1.82, 2.24) is 47.9 Å². The molecule has 3 saturated heterocycles. The van der Waals surface area contributed by atoms with Gasteiger partial charge in [-0.3, -0.25) is 43.2 Å². The molecule has 3 fully saturated rings. The maximum atomic E-state index is 17.1. The lowest BCUT2D eigenvalue weighted by Gasteiger charge is -2.44. The number of aliphatic hydroxyl groups is 10. The summed E-state index contributed by atoms with van der Waals surface area (Å²) in [5, 5.41) is 193. The number of hydrogen-bond acceptors (Lipinski definition) is 34. The van der Waals surface area contributed by atoms with Crippen molar-refractivity contribution < 1.29 is 167 Å². The van der Waals surface area contributed by atoms with E-state index in [9.17, 15) is 95.8 Å². The number of phenols is 4. The van der Waals surface area contributed by atoms with E-state index in [-0.39, 0.29) is 28.3 Å². The molecule has 0 unspecified atom stereocenters. The Morgan fingerprint density at radius 3 is 1.68 bits per heavy atom. The summed E-state index contributed by atoms with van der Waals surface area (Å²) in [4.78, 5) is 153. The fourth-order valence-electron chi connectivity index (χ4n) is 16.8.